The molecular formula is C12H9ClN4O3. The highest BCUT2D eigenvalue weighted by molar-refractivity contribution is 6.29. The Balaban J connectivity index is 2.30. The average molecular weight is 293 g/mol. The first kappa shape index (κ1) is 13.9. The fourth-order valence-corrected chi connectivity index (χ4v) is 1.80. The Labute approximate surface area is 118 Å². The monoisotopic (exact) mass is 292 g/mol. The number of aromatic nitrogens is 2. The topological polar surface area (TPSA) is 98.0 Å². The molecule has 0 aliphatic carbocycles. The van der Waals surface area contributed by atoms with Gasteiger partial charge in [-0.15, -0.1) is 0 Å². The number of nitro benzene ring substituents is 1. The molecule has 2 aromatic rings. The summed E-state index contributed by atoms with van der Waals surface area (Å²) in [4.78, 5) is 29.9. The predicted octanol–water partition coefficient (Wildman–Crippen LogP) is 2.60. The molecule has 0 unspecified atom stereocenters. The summed E-state index contributed by atoms with van der Waals surface area (Å²) in [5, 5.41) is 13.5. The molecule has 0 spiro atoms. The van der Waals surface area contributed by atoms with Crippen molar-refractivity contribution in [2.24, 2.45) is 0 Å². The molecule has 0 aliphatic rings. The van der Waals surface area contributed by atoms with Gasteiger partial charge in [-0.05, 0) is 13.0 Å². The number of halogens is 1. The number of nitro groups is 1. The van der Waals surface area contributed by atoms with Crippen LogP contribution in [0.5, 0.6) is 0 Å². The molecule has 2 rings (SSSR count). The maximum Gasteiger partial charge on any atom is 0.273 e. The second kappa shape index (κ2) is 5.62. The lowest BCUT2D eigenvalue weighted by atomic mass is 10.1. The van der Waals surface area contributed by atoms with Crippen LogP contribution in [0, 0.1) is 17.0 Å². The fraction of sp³-hybridized carbons (Fsp3) is 0.0833. The van der Waals surface area contributed by atoms with Crippen LogP contribution in [0.4, 0.5) is 11.5 Å². The molecule has 0 saturated heterocycles. The van der Waals surface area contributed by atoms with Crippen molar-refractivity contribution in [2.45, 2.75) is 6.92 Å². The van der Waals surface area contributed by atoms with E-state index in [9.17, 15) is 14.9 Å². The van der Waals surface area contributed by atoms with Gasteiger partial charge in [0.2, 0.25) is 0 Å². The zero-order valence-corrected chi connectivity index (χ0v) is 11.1. The van der Waals surface area contributed by atoms with Gasteiger partial charge >= 0.3 is 0 Å². The quantitative estimate of drug-likeness (QED) is 0.532. The number of nitrogens with one attached hydrogen (secondary N) is 1. The second-order valence-corrected chi connectivity index (χ2v) is 4.27. The van der Waals surface area contributed by atoms with Crippen LogP contribution in [0.2, 0.25) is 5.15 Å². The molecule has 0 atom stereocenters. The fourth-order valence-electron chi connectivity index (χ4n) is 1.65. The van der Waals surface area contributed by atoms with Gasteiger partial charge in [-0.2, -0.15) is 0 Å². The molecule has 1 aromatic heterocycles. The summed E-state index contributed by atoms with van der Waals surface area (Å²) in [5.74, 6) is -0.276. The van der Waals surface area contributed by atoms with Crippen molar-refractivity contribution in [3.8, 4) is 0 Å². The standard InChI is InChI=1S/C12H9ClN4O3/c1-7-8(3-2-4-9(7)17(19)20)12(18)16-11-5-10(13)14-6-15-11/h2-6H,1H3,(H,14,15,16,18). The van der Waals surface area contributed by atoms with Gasteiger partial charge in [0.05, 0.1) is 4.92 Å². The zero-order valence-electron chi connectivity index (χ0n) is 10.3. The Morgan fingerprint density at radius 1 is 1.40 bits per heavy atom. The molecule has 0 aliphatic heterocycles. The van der Waals surface area contributed by atoms with E-state index >= 15 is 0 Å². The Bertz CT molecular complexity index is 690. The second-order valence-electron chi connectivity index (χ2n) is 3.89. The summed E-state index contributed by atoms with van der Waals surface area (Å²) in [6, 6.07) is 5.67. The number of benzene rings is 1. The maximum absolute atomic E-state index is 12.1. The van der Waals surface area contributed by atoms with Crippen molar-refractivity contribution in [3.05, 3.63) is 57.0 Å². The molecule has 8 heteroatoms. The van der Waals surface area contributed by atoms with Crippen LogP contribution in [0.1, 0.15) is 15.9 Å². The number of hydrogen-bond donors (Lipinski definition) is 1. The Morgan fingerprint density at radius 3 is 2.80 bits per heavy atom. The normalized spacial score (nSPS) is 10.1. The summed E-state index contributed by atoms with van der Waals surface area (Å²) >= 11 is 5.68. The molecule has 0 radical (unpaired) electrons. The minimum atomic E-state index is -0.534. The van der Waals surface area contributed by atoms with Crippen LogP contribution in [0.25, 0.3) is 0 Å². The molecule has 1 N–H and O–H groups in total. The number of hydrogen-bond acceptors (Lipinski definition) is 5. The summed E-state index contributed by atoms with van der Waals surface area (Å²) in [6.45, 7) is 1.51. The molecule has 1 aromatic carbocycles. The molecule has 7 nitrogen and oxygen atoms in total. The number of rotatable bonds is 3. The minimum Gasteiger partial charge on any atom is -0.306 e. The van der Waals surface area contributed by atoms with Crippen molar-refractivity contribution in [1.82, 2.24) is 9.97 Å². The molecule has 0 fully saturated rings. The van der Waals surface area contributed by atoms with E-state index in [1.807, 2.05) is 0 Å². The molecule has 0 saturated carbocycles. The SMILES string of the molecule is Cc1c(C(=O)Nc2cc(Cl)ncn2)cccc1[N+](=O)[O-]. The van der Waals surface area contributed by atoms with Crippen LogP contribution in [-0.2, 0) is 0 Å². The van der Waals surface area contributed by atoms with Crippen LogP contribution < -0.4 is 5.32 Å². The van der Waals surface area contributed by atoms with Gasteiger partial charge in [-0.3, -0.25) is 14.9 Å². The first-order valence-electron chi connectivity index (χ1n) is 5.52. The number of carbonyl (C=O) groups excluding carboxylic acids is 1. The third-order valence-corrected chi connectivity index (χ3v) is 2.83. The van der Waals surface area contributed by atoms with Gasteiger partial charge < -0.3 is 5.32 Å². The third-order valence-electron chi connectivity index (χ3n) is 2.62. The lowest BCUT2D eigenvalue weighted by molar-refractivity contribution is -0.385. The highest BCUT2D eigenvalue weighted by Gasteiger charge is 2.18. The zero-order chi connectivity index (χ0) is 14.7. The van der Waals surface area contributed by atoms with Crippen LogP contribution in [-0.4, -0.2) is 20.8 Å². The first-order valence-corrected chi connectivity index (χ1v) is 5.89. The van der Waals surface area contributed by atoms with Crippen LogP contribution >= 0.6 is 11.6 Å². The van der Waals surface area contributed by atoms with E-state index in [4.69, 9.17) is 11.6 Å². The molecule has 1 amide bonds. The first-order chi connectivity index (χ1) is 9.49. The molecule has 20 heavy (non-hydrogen) atoms. The largest absolute Gasteiger partial charge is 0.306 e. The van der Waals surface area contributed by atoms with Gasteiger partial charge in [0, 0.05) is 23.3 Å². The molecule has 0 bridgehead atoms. The number of amides is 1. The van der Waals surface area contributed by atoms with Crippen molar-refractivity contribution in [2.75, 3.05) is 5.32 Å². The predicted molar refractivity (Wildman–Crippen MR) is 72.8 cm³/mol. The summed E-state index contributed by atoms with van der Waals surface area (Å²) in [5.41, 5.74) is 0.377. The molecule has 1 heterocycles. The number of carbonyl (C=O) groups is 1. The summed E-state index contributed by atoms with van der Waals surface area (Å²) < 4.78 is 0. The smallest absolute Gasteiger partial charge is 0.273 e. The van der Waals surface area contributed by atoms with Gasteiger partial charge in [0.15, 0.2) is 0 Å². The number of nitrogens with zero attached hydrogens (tertiary/aromatic N) is 3. The Morgan fingerprint density at radius 2 is 2.15 bits per heavy atom. The number of anilines is 1. The van der Waals surface area contributed by atoms with Gasteiger partial charge in [0.25, 0.3) is 11.6 Å². The van der Waals surface area contributed by atoms with Gasteiger partial charge in [0.1, 0.15) is 17.3 Å². The van der Waals surface area contributed by atoms with Gasteiger partial charge in [-0.1, -0.05) is 17.7 Å². The summed E-state index contributed by atoms with van der Waals surface area (Å²) in [6.07, 6.45) is 1.21. The lowest BCUT2D eigenvalue weighted by Crippen LogP contribution is -2.15. The van der Waals surface area contributed by atoms with E-state index in [0.717, 1.165) is 0 Å². The lowest BCUT2D eigenvalue weighted by Gasteiger charge is -2.07. The van der Waals surface area contributed by atoms with E-state index in [1.165, 1.54) is 37.5 Å². The maximum atomic E-state index is 12.1. The van der Waals surface area contributed by atoms with E-state index in [1.54, 1.807) is 0 Å². The van der Waals surface area contributed by atoms with E-state index in [-0.39, 0.29) is 27.8 Å². The average Bonchev–Trinajstić information content (AvgIpc) is 2.38. The molecular weight excluding hydrogens is 284 g/mol. The van der Waals surface area contributed by atoms with Crippen molar-refractivity contribution in [1.29, 1.82) is 0 Å². The third kappa shape index (κ3) is 2.89. The van der Waals surface area contributed by atoms with Crippen molar-refractivity contribution >= 4 is 29.0 Å². The Kier molecular flexibility index (Phi) is 3.90. The van der Waals surface area contributed by atoms with Gasteiger partial charge in [-0.25, -0.2) is 9.97 Å². The molecule has 102 valence electrons. The van der Waals surface area contributed by atoms with E-state index in [2.05, 4.69) is 15.3 Å². The van der Waals surface area contributed by atoms with Crippen LogP contribution in [0.3, 0.4) is 0 Å². The van der Waals surface area contributed by atoms with E-state index in [0.29, 0.717) is 0 Å². The highest BCUT2D eigenvalue weighted by Crippen LogP contribution is 2.22. The minimum absolute atomic E-state index is 0.113. The highest BCUT2D eigenvalue weighted by atomic mass is 35.5. The Hall–Kier alpha value is -2.54. The van der Waals surface area contributed by atoms with Crippen molar-refractivity contribution < 1.29 is 9.72 Å². The van der Waals surface area contributed by atoms with Crippen LogP contribution in [0.15, 0.2) is 30.6 Å². The summed E-state index contributed by atoms with van der Waals surface area (Å²) in [7, 11) is 0. The van der Waals surface area contributed by atoms with Crippen molar-refractivity contribution in [3.63, 3.8) is 0 Å². The van der Waals surface area contributed by atoms with E-state index < -0.39 is 10.8 Å².